The smallest absolute Gasteiger partial charge is 0.303 e. The van der Waals surface area contributed by atoms with Crippen LogP contribution in [0.25, 0.3) is 12.2 Å². The van der Waals surface area contributed by atoms with Gasteiger partial charge in [0.05, 0.1) is 22.8 Å². The Morgan fingerprint density at radius 1 is 1.21 bits per heavy atom. The Kier molecular flexibility index (Phi) is 6.65. The number of aliphatic carboxylic acids is 1. The predicted molar refractivity (Wildman–Crippen MR) is 127 cm³/mol. The summed E-state index contributed by atoms with van der Waals surface area (Å²) in [5, 5.41) is 9.06. The number of carboxylic acid groups (broad SMARTS) is 1. The average Bonchev–Trinajstić information content (AvgIpc) is 2.81. The predicted octanol–water partition coefficient (Wildman–Crippen LogP) is 4.52. The van der Waals surface area contributed by atoms with Gasteiger partial charge in [0.15, 0.2) is 0 Å². The van der Waals surface area contributed by atoms with Crippen molar-refractivity contribution in [2.24, 2.45) is 0 Å². The van der Waals surface area contributed by atoms with Crippen molar-refractivity contribution in [2.75, 3.05) is 10.8 Å². The fourth-order valence-corrected chi connectivity index (χ4v) is 5.30. The Hall–Kier alpha value is -3.72. The fraction of sp³-hybridized carbons (Fsp3) is 0.200. The van der Waals surface area contributed by atoms with E-state index in [2.05, 4.69) is 4.98 Å². The molecule has 1 N–H and O–H groups in total. The zero-order valence-electron chi connectivity index (χ0n) is 18.4. The summed E-state index contributed by atoms with van der Waals surface area (Å²) in [4.78, 5) is 15.2. The van der Waals surface area contributed by atoms with Crippen LogP contribution in [0, 0.1) is 12.7 Å². The highest BCUT2D eigenvalue weighted by atomic mass is 32.2. The lowest BCUT2D eigenvalue weighted by Gasteiger charge is -2.35. The van der Waals surface area contributed by atoms with Gasteiger partial charge in [0, 0.05) is 12.6 Å². The Labute approximate surface area is 197 Å². The monoisotopic (exact) mass is 482 g/mol. The molecule has 2 heterocycles. The number of carbonyl (C=O) groups is 1. The van der Waals surface area contributed by atoms with Crippen LogP contribution < -0.4 is 9.04 Å². The lowest BCUT2D eigenvalue weighted by atomic mass is 10.1. The fourth-order valence-electron chi connectivity index (χ4n) is 3.69. The van der Waals surface area contributed by atoms with E-state index >= 15 is 0 Å². The largest absolute Gasteiger partial charge is 0.486 e. The van der Waals surface area contributed by atoms with Crippen molar-refractivity contribution >= 4 is 33.8 Å². The normalized spacial score (nSPS) is 15.7. The Balaban J connectivity index is 1.73. The molecule has 0 amide bonds. The molecular formula is C25H23FN2O5S. The van der Waals surface area contributed by atoms with Crippen molar-refractivity contribution in [2.45, 2.75) is 30.8 Å². The van der Waals surface area contributed by atoms with Gasteiger partial charge in [-0.1, -0.05) is 24.3 Å². The minimum absolute atomic E-state index is 0.0292. The van der Waals surface area contributed by atoms with E-state index in [9.17, 15) is 17.6 Å². The number of hydrogen-bond donors (Lipinski definition) is 1. The Bertz CT molecular complexity index is 1360. The number of aryl methyl sites for hydroxylation is 1. The molecule has 9 heteroatoms. The molecule has 0 aliphatic carbocycles. The lowest BCUT2D eigenvalue weighted by molar-refractivity contribution is -0.137. The first-order valence-electron chi connectivity index (χ1n) is 10.6. The second-order valence-electron chi connectivity index (χ2n) is 7.96. The maximum atomic E-state index is 13.9. The van der Waals surface area contributed by atoms with Gasteiger partial charge >= 0.3 is 5.97 Å². The Morgan fingerprint density at radius 2 is 2.03 bits per heavy atom. The number of anilines is 1. The summed E-state index contributed by atoms with van der Waals surface area (Å²) in [6, 6.07) is 14.4. The number of ether oxygens (including phenoxy) is 1. The van der Waals surface area contributed by atoms with Gasteiger partial charge in [-0.05, 0) is 66.9 Å². The van der Waals surface area contributed by atoms with E-state index in [1.165, 1.54) is 34.8 Å². The van der Waals surface area contributed by atoms with Crippen molar-refractivity contribution < 1.29 is 27.4 Å². The molecule has 7 nitrogen and oxygen atoms in total. The van der Waals surface area contributed by atoms with Gasteiger partial charge < -0.3 is 9.84 Å². The maximum Gasteiger partial charge on any atom is 0.303 e. The highest BCUT2D eigenvalue weighted by Crippen LogP contribution is 2.39. The van der Waals surface area contributed by atoms with E-state index in [1.807, 2.05) is 13.0 Å². The number of aromatic nitrogens is 1. The molecule has 1 atom stereocenters. The van der Waals surface area contributed by atoms with Crippen molar-refractivity contribution in [3.8, 4) is 5.75 Å². The SMILES string of the molecule is Cc1cccc(S(=O)(=O)N2C[C@H](CCC(=O)O)Oc3ccc(/C=C/c4ncccc4F)cc32)c1. The third-order valence-corrected chi connectivity index (χ3v) is 7.17. The summed E-state index contributed by atoms with van der Waals surface area (Å²) >= 11 is 0. The maximum absolute atomic E-state index is 13.9. The van der Waals surface area contributed by atoms with Crippen molar-refractivity contribution in [3.05, 3.63) is 83.4 Å². The zero-order chi connectivity index (χ0) is 24.3. The van der Waals surface area contributed by atoms with Gasteiger partial charge in [-0.3, -0.25) is 14.1 Å². The molecule has 0 spiro atoms. The number of halogens is 1. The number of fused-ring (bicyclic) bond motifs is 1. The number of rotatable bonds is 7. The number of nitrogens with zero attached hydrogens (tertiary/aromatic N) is 2. The second kappa shape index (κ2) is 9.64. The van der Waals surface area contributed by atoms with Crippen LogP contribution in [0.15, 0.2) is 65.7 Å². The number of carboxylic acids is 1. The average molecular weight is 483 g/mol. The molecule has 1 aliphatic heterocycles. The van der Waals surface area contributed by atoms with Crippen molar-refractivity contribution in [1.29, 1.82) is 0 Å². The Morgan fingerprint density at radius 3 is 2.76 bits per heavy atom. The topological polar surface area (TPSA) is 96.8 Å². The van der Waals surface area contributed by atoms with Gasteiger partial charge in [0.25, 0.3) is 10.0 Å². The number of sulfonamides is 1. The molecule has 0 unspecified atom stereocenters. The minimum Gasteiger partial charge on any atom is -0.486 e. The van der Waals surface area contributed by atoms with E-state index in [-0.39, 0.29) is 30.0 Å². The highest BCUT2D eigenvalue weighted by Gasteiger charge is 2.34. The molecular weight excluding hydrogens is 459 g/mol. The molecule has 0 saturated heterocycles. The van der Waals surface area contributed by atoms with Gasteiger partial charge in [0.2, 0.25) is 0 Å². The second-order valence-corrected chi connectivity index (χ2v) is 9.82. The molecule has 34 heavy (non-hydrogen) atoms. The summed E-state index contributed by atoms with van der Waals surface area (Å²) < 4.78 is 48.3. The van der Waals surface area contributed by atoms with E-state index in [0.29, 0.717) is 17.0 Å². The van der Waals surface area contributed by atoms with E-state index in [1.54, 1.807) is 36.4 Å². The molecule has 3 aromatic rings. The third-order valence-electron chi connectivity index (χ3n) is 5.39. The molecule has 1 aromatic heterocycles. The van der Waals surface area contributed by atoms with Crippen LogP contribution in [0.5, 0.6) is 5.75 Å². The van der Waals surface area contributed by atoms with Gasteiger partial charge in [-0.2, -0.15) is 0 Å². The first kappa shape index (κ1) is 23.4. The minimum atomic E-state index is -3.95. The van der Waals surface area contributed by atoms with Crippen LogP contribution in [0.3, 0.4) is 0 Å². The van der Waals surface area contributed by atoms with Crippen LogP contribution in [-0.2, 0) is 14.8 Å². The van der Waals surface area contributed by atoms with Crippen molar-refractivity contribution in [3.63, 3.8) is 0 Å². The number of hydrogen-bond acceptors (Lipinski definition) is 5. The molecule has 176 valence electrons. The van der Waals surface area contributed by atoms with E-state index < -0.39 is 27.9 Å². The van der Waals surface area contributed by atoms with Crippen LogP contribution in [0.2, 0.25) is 0 Å². The molecule has 1 aliphatic rings. The standard InChI is InChI=1S/C25H23FN2O5S/c1-17-4-2-5-20(14-17)34(31,32)28-16-19(9-12-25(29)30)33-24-11-8-18(15-23(24)28)7-10-22-21(26)6-3-13-27-22/h2-8,10-11,13-15,19H,9,12,16H2,1H3,(H,29,30)/b10-7+/t19-/m0/s1. The molecule has 4 rings (SSSR count). The third kappa shape index (κ3) is 5.09. The summed E-state index contributed by atoms with van der Waals surface area (Å²) in [7, 11) is -3.95. The number of benzene rings is 2. The summed E-state index contributed by atoms with van der Waals surface area (Å²) in [5.74, 6) is -1.12. The van der Waals surface area contributed by atoms with Crippen molar-refractivity contribution in [1.82, 2.24) is 4.98 Å². The summed E-state index contributed by atoms with van der Waals surface area (Å²) in [6.45, 7) is 1.78. The molecule has 0 fully saturated rings. The first-order chi connectivity index (χ1) is 16.2. The van der Waals surface area contributed by atoms with E-state index in [0.717, 1.165) is 5.56 Å². The quantitative estimate of drug-likeness (QED) is 0.532. The zero-order valence-corrected chi connectivity index (χ0v) is 19.2. The molecule has 2 aromatic carbocycles. The highest BCUT2D eigenvalue weighted by molar-refractivity contribution is 7.92. The number of pyridine rings is 1. The molecule has 0 radical (unpaired) electrons. The van der Waals surface area contributed by atoms with Crippen LogP contribution in [0.4, 0.5) is 10.1 Å². The lowest BCUT2D eigenvalue weighted by Crippen LogP contribution is -2.43. The molecule has 0 bridgehead atoms. The van der Waals surface area contributed by atoms with E-state index in [4.69, 9.17) is 9.84 Å². The molecule has 0 saturated carbocycles. The first-order valence-corrected chi connectivity index (χ1v) is 12.1. The van der Waals surface area contributed by atoms with Gasteiger partial charge in [-0.15, -0.1) is 0 Å². The van der Waals surface area contributed by atoms with Crippen LogP contribution >= 0.6 is 0 Å². The van der Waals surface area contributed by atoms with Gasteiger partial charge in [0.1, 0.15) is 17.7 Å². The summed E-state index contributed by atoms with van der Waals surface area (Å²) in [5.41, 5.74) is 1.91. The van der Waals surface area contributed by atoms with Crippen LogP contribution in [-0.4, -0.2) is 37.1 Å². The summed E-state index contributed by atoms with van der Waals surface area (Å²) in [6.07, 6.45) is 4.03. The van der Waals surface area contributed by atoms with Crippen LogP contribution in [0.1, 0.15) is 29.7 Å². The van der Waals surface area contributed by atoms with Gasteiger partial charge in [-0.25, -0.2) is 12.8 Å².